The Kier molecular flexibility index (Phi) is 6.79. The molecule has 0 saturated heterocycles. The Morgan fingerprint density at radius 3 is 1.33 bits per heavy atom. The topological polar surface area (TPSA) is 60.4 Å². The van der Waals surface area contributed by atoms with Gasteiger partial charge in [0.05, 0.1) is 11.1 Å². The van der Waals surface area contributed by atoms with Gasteiger partial charge in [-0.05, 0) is 91.7 Å². The predicted octanol–water partition coefficient (Wildman–Crippen LogP) is 10.6. The highest BCUT2D eigenvalue weighted by molar-refractivity contribution is 6.11. The Labute approximate surface area is 265 Å². The SMILES string of the molecule is CCCc1ccc2c(ccc3oc(=O)c(-c4ccc(-c5cc6c(ccc7cc(CCC)ccc76)oc5=O)c5ccccc45)cc32)c1. The third-order valence-corrected chi connectivity index (χ3v) is 9.18. The minimum absolute atomic E-state index is 0.397. The molecule has 0 saturated carbocycles. The minimum Gasteiger partial charge on any atom is -0.422 e. The van der Waals surface area contributed by atoms with Crippen molar-refractivity contribution in [3.05, 3.63) is 141 Å². The third-order valence-electron chi connectivity index (χ3n) is 9.18. The Bertz CT molecular complexity index is 2420. The van der Waals surface area contributed by atoms with Crippen molar-refractivity contribution in [3.8, 4) is 22.3 Å². The van der Waals surface area contributed by atoms with Gasteiger partial charge in [0.15, 0.2) is 0 Å². The van der Waals surface area contributed by atoms with E-state index in [0.717, 1.165) is 79.9 Å². The maximum Gasteiger partial charge on any atom is 0.344 e. The van der Waals surface area contributed by atoms with Crippen molar-refractivity contribution in [2.24, 2.45) is 0 Å². The summed E-state index contributed by atoms with van der Waals surface area (Å²) >= 11 is 0. The first-order valence-corrected chi connectivity index (χ1v) is 16.0. The van der Waals surface area contributed by atoms with Crippen LogP contribution in [0.4, 0.5) is 0 Å². The molecule has 4 nitrogen and oxygen atoms in total. The Balaban J connectivity index is 1.32. The maximum absolute atomic E-state index is 13.5. The molecule has 0 fully saturated rings. The zero-order valence-corrected chi connectivity index (χ0v) is 25.9. The van der Waals surface area contributed by atoms with Crippen LogP contribution in [0.15, 0.2) is 128 Å². The van der Waals surface area contributed by atoms with Crippen LogP contribution in [0.25, 0.3) is 76.5 Å². The molecule has 0 N–H and O–H groups in total. The summed E-state index contributed by atoms with van der Waals surface area (Å²) in [5.74, 6) is 0. The number of hydrogen-bond acceptors (Lipinski definition) is 4. The second kappa shape index (κ2) is 11.1. The first-order valence-electron chi connectivity index (χ1n) is 16.0. The van der Waals surface area contributed by atoms with Crippen LogP contribution in [0.3, 0.4) is 0 Å². The van der Waals surface area contributed by atoms with Gasteiger partial charge in [-0.15, -0.1) is 0 Å². The van der Waals surface area contributed by atoms with Crippen molar-refractivity contribution in [2.45, 2.75) is 39.5 Å². The quantitative estimate of drug-likeness (QED) is 0.141. The molecule has 6 aromatic carbocycles. The van der Waals surface area contributed by atoms with Crippen LogP contribution in [0, 0.1) is 0 Å². The Morgan fingerprint density at radius 1 is 0.435 bits per heavy atom. The van der Waals surface area contributed by atoms with Crippen molar-refractivity contribution >= 4 is 54.3 Å². The molecule has 2 heterocycles. The Hall–Kier alpha value is -5.48. The lowest BCUT2D eigenvalue weighted by atomic mass is 9.91. The maximum atomic E-state index is 13.5. The number of rotatable bonds is 6. The van der Waals surface area contributed by atoms with E-state index in [4.69, 9.17) is 8.83 Å². The van der Waals surface area contributed by atoms with E-state index in [1.807, 2.05) is 72.8 Å². The van der Waals surface area contributed by atoms with Gasteiger partial charge in [-0.1, -0.05) is 112 Å². The fraction of sp³-hybridized carbons (Fsp3) is 0.143. The van der Waals surface area contributed by atoms with Gasteiger partial charge in [0.25, 0.3) is 0 Å². The van der Waals surface area contributed by atoms with Gasteiger partial charge in [-0.2, -0.15) is 0 Å². The van der Waals surface area contributed by atoms with Crippen molar-refractivity contribution in [1.82, 2.24) is 0 Å². The van der Waals surface area contributed by atoms with Crippen molar-refractivity contribution in [2.75, 3.05) is 0 Å². The number of benzene rings is 6. The van der Waals surface area contributed by atoms with Gasteiger partial charge < -0.3 is 8.83 Å². The first-order chi connectivity index (χ1) is 22.5. The minimum atomic E-state index is -0.397. The van der Waals surface area contributed by atoms with Crippen LogP contribution in [-0.2, 0) is 12.8 Å². The molecule has 0 aliphatic heterocycles. The molecule has 0 radical (unpaired) electrons. The van der Waals surface area contributed by atoms with E-state index in [1.54, 1.807) is 0 Å². The molecule has 0 atom stereocenters. The molecular weight excluding hydrogens is 568 g/mol. The Morgan fingerprint density at radius 2 is 0.891 bits per heavy atom. The number of hydrogen-bond donors (Lipinski definition) is 0. The molecule has 224 valence electrons. The van der Waals surface area contributed by atoms with Gasteiger partial charge in [0.2, 0.25) is 0 Å². The molecule has 8 aromatic rings. The number of fused-ring (bicyclic) bond motifs is 7. The van der Waals surface area contributed by atoms with E-state index >= 15 is 0 Å². The second-order valence-corrected chi connectivity index (χ2v) is 12.2. The summed E-state index contributed by atoms with van der Waals surface area (Å²) in [6, 6.07) is 36.4. The molecule has 4 heteroatoms. The second-order valence-electron chi connectivity index (χ2n) is 12.2. The third kappa shape index (κ3) is 4.60. The lowest BCUT2D eigenvalue weighted by molar-refractivity contribution is 0.563. The molecule has 0 aliphatic carbocycles. The van der Waals surface area contributed by atoms with E-state index in [-0.39, 0.29) is 0 Å². The summed E-state index contributed by atoms with van der Waals surface area (Å²) in [5.41, 5.74) is 5.41. The van der Waals surface area contributed by atoms with Crippen molar-refractivity contribution in [3.63, 3.8) is 0 Å². The average molecular weight is 601 g/mol. The zero-order chi connectivity index (χ0) is 31.4. The standard InChI is InChI=1S/C42H32O4/c1-3-7-25-11-15-29-27(21-25)13-19-39-35(29)23-37(41(43)45-39)33-17-18-34(32-10-6-5-9-31(32)33)38-24-36-30-16-12-26(8-4-2)22-28(30)14-20-40(36)46-42(38)44/h5-6,9-24H,3-4,7-8H2,1-2H3. The zero-order valence-electron chi connectivity index (χ0n) is 25.9. The summed E-state index contributed by atoms with van der Waals surface area (Å²) < 4.78 is 11.8. The highest BCUT2D eigenvalue weighted by Gasteiger charge is 2.18. The summed E-state index contributed by atoms with van der Waals surface area (Å²) in [6.07, 6.45) is 4.21. The molecule has 0 unspecified atom stereocenters. The average Bonchev–Trinajstić information content (AvgIpc) is 3.07. The molecule has 46 heavy (non-hydrogen) atoms. The van der Waals surface area contributed by atoms with E-state index in [0.29, 0.717) is 22.3 Å². The molecular formula is C42H32O4. The van der Waals surface area contributed by atoms with Gasteiger partial charge in [0.1, 0.15) is 11.2 Å². The van der Waals surface area contributed by atoms with Crippen LogP contribution >= 0.6 is 0 Å². The van der Waals surface area contributed by atoms with E-state index < -0.39 is 11.3 Å². The van der Waals surface area contributed by atoms with Crippen LogP contribution in [0.5, 0.6) is 0 Å². The van der Waals surface area contributed by atoms with Crippen molar-refractivity contribution in [1.29, 1.82) is 0 Å². The molecule has 0 spiro atoms. The normalized spacial score (nSPS) is 11.8. The van der Waals surface area contributed by atoms with Gasteiger partial charge in [0, 0.05) is 10.8 Å². The summed E-state index contributed by atoms with van der Waals surface area (Å²) in [4.78, 5) is 26.9. The summed E-state index contributed by atoms with van der Waals surface area (Å²) in [6.45, 7) is 4.36. The van der Waals surface area contributed by atoms with Crippen LogP contribution in [0.1, 0.15) is 37.8 Å². The molecule has 2 aromatic heterocycles. The smallest absolute Gasteiger partial charge is 0.344 e. The van der Waals surface area contributed by atoms with E-state index in [9.17, 15) is 9.59 Å². The number of aryl methyl sites for hydroxylation is 2. The van der Waals surface area contributed by atoms with E-state index in [2.05, 4.69) is 50.2 Å². The fourth-order valence-corrected chi connectivity index (χ4v) is 6.99. The van der Waals surface area contributed by atoms with E-state index in [1.165, 1.54) is 11.1 Å². The molecule has 0 aliphatic rings. The highest BCUT2D eigenvalue weighted by atomic mass is 16.4. The lowest BCUT2D eigenvalue weighted by Crippen LogP contribution is -2.05. The summed E-state index contributed by atoms with van der Waals surface area (Å²) in [5, 5.41) is 7.85. The largest absolute Gasteiger partial charge is 0.422 e. The monoisotopic (exact) mass is 600 g/mol. The molecule has 8 rings (SSSR count). The van der Waals surface area contributed by atoms with Gasteiger partial charge >= 0.3 is 11.3 Å². The van der Waals surface area contributed by atoms with Crippen LogP contribution in [0.2, 0.25) is 0 Å². The van der Waals surface area contributed by atoms with Crippen LogP contribution in [-0.4, -0.2) is 0 Å². The highest BCUT2D eigenvalue weighted by Crippen LogP contribution is 2.37. The first kappa shape index (κ1) is 28.0. The fourth-order valence-electron chi connectivity index (χ4n) is 6.99. The molecule has 0 amide bonds. The predicted molar refractivity (Wildman–Crippen MR) is 190 cm³/mol. The van der Waals surface area contributed by atoms with Gasteiger partial charge in [-0.3, -0.25) is 0 Å². The van der Waals surface area contributed by atoms with Crippen molar-refractivity contribution < 1.29 is 8.83 Å². The summed E-state index contributed by atoms with van der Waals surface area (Å²) in [7, 11) is 0. The van der Waals surface area contributed by atoms with Gasteiger partial charge in [-0.25, -0.2) is 9.59 Å². The lowest BCUT2D eigenvalue weighted by Gasteiger charge is -2.13. The van der Waals surface area contributed by atoms with Crippen LogP contribution < -0.4 is 11.3 Å². The molecule has 0 bridgehead atoms.